The maximum atomic E-state index is 12.4. The van der Waals surface area contributed by atoms with Crippen molar-refractivity contribution in [3.8, 4) is 11.5 Å². The molecule has 2 aromatic rings. The number of carbonyl (C=O) groups excluding carboxylic acids is 1. The highest BCUT2D eigenvalue weighted by Crippen LogP contribution is 2.43. The summed E-state index contributed by atoms with van der Waals surface area (Å²) in [4.78, 5) is 28.6. The number of phenols is 1. The molecule has 0 spiro atoms. The Bertz CT molecular complexity index is 1040. The predicted molar refractivity (Wildman–Crippen MR) is 116 cm³/mol. The molecule has 1 aliphatic heterocycles. The minimum Gasteiger partial charge on any atom is -0.507 e. The van der Waals surface area contributed by atoms with Crippen molar-refractivity contribution in [3.63, 3.8) is 0 Å². The molecule has 3 rings (SSSR count). The van der Waals surface area contributed by atoms with Gasteiger partial charge in [0, 0.05) is 17.5 Å². The number of hydrogen-bond acceptors (Lipinski definition) is 6. The lowest BCUT2D eigenvalue weighted by Crippen LogP contribution is -2.47. The molecular formula is C24H27NO6. The molecule has 2 aromatic carbocycles. The molecule has 2 N–H and O–H groups in total. The van der Waals surface area contributed by atoms with Crippen LogP contribution in [-0.4, -0.2) is 34.0 Å². The predicted octanol–water partition coefficient (Wildman–Crippen LogP) is 4.76. The zero-order valence-electron chi connectivity index (χ0n) is 18.1. The smallest absolute Gasteiger partial charge is 0.346 e. The van der Waals surface area contributed by atoms with Gasteiger partial charge in [0.05, 0.1) is 17.0 Å². The fourth-order valence-electron chi connectivity index (χ4n) is 3.83. The highest BCUT2D eigenvalue weighted by atomic mass is 16.7. The number of carbonyl (C=O) groups is 2. The van der Waals surface area contributed by atoms with E-state index in [2.05, 4.69) is 4.99 Å². The lowest BCUT2D eigenvalue weighted by molar-refractivity contribution is -0.185. The van der Waals surface area contributed by atoms with E-state index in [0.717, 1.165) is 6.42 Å². The molecule has 0 radical (unpaired) electrons. The summed E-state index contributed by atoms with van der Waals surface area (Å²) in [6, 6.07) is 10.1. The van der Waals surface area contributed by atoms with Gasteiger partial charge in [0.1, 0.15) is 11.5 Å². The molecule has 0 saturated heterocycles. The summed E-state index contributed by atoms with van der Waals surface area (Å²) in [5.74, 6) is -1.18. The molecule has 2 unspecified atom stereocenters. The number of Topliss-reactive ketones (excluding diaryl/α,β-unsaturated/α-hetero) is 1. The SMILES string of the molecule is CCCc1c(OC(CC)OC2(C(=O)O)C(C)=Nc3ccccc32)ccc(C(C)=O)c1O. The van der Waals surface area contributed by atoms with Crippen molar-refractivity contribution in [2.45, 2.75) is 58.8 Å². The molecule has 0 fully saturated rings. The molecule has 7 nitrogen and oxygen atoms in total. The van der Waals surface area contributed by atoms with Crippen LogP contribution in [0.15, 0.2) is 41.4 Å². The standard InChI is InChI=1S/C24H27NO6/c1-5-9-17-20(13-12-16(14(3)26)22(17)27)30-21(6-2)31-24(23(28)29)15(4)25-19-11-8-7-10-18(19)24/h7-8,10-13,21,27H,5-6,9H2,1-4H3,(H,28,29). The van der Waals surface area contributed by atoms with E-state index in [1.54, 1.807) is 37.3 Å². The first-order chi connectivity index (χ1) is 14.8. The lowest BCUT2D eigenvalue weighted by Gasteiger charge is -2.31. The average molecular weight is 425 g/mol. The van der Waals surface area contributed by atoms with Crippen LogP contribution < -0.4 is 4.74 Å². The van der Waals surface area contributed by atoms with Crippen LogP contribution in [0.25, 0.3) is 0 Å². The van der Waals surface area contributed by atoms with E-state index in [1.165, 1.54) is 13.0 Å². The third kappa shape index (κ3) is 3.93. The van der Waals surface area contributed by atoms with Gasteiger partial charge in [-0.3, -0.25) is 9.79 Å². The van der Waals surface area contributed by atoms with E-state index in [-0.39, 0.29) is 17.1 Å². The second kappa shape index (κ2) is 8.89. The van der Waals surface area contributed by atoms with Crippen LogP contribution >= 0.6 is 0 Å². The molecule has 164 valence electrons. The van der Waals surface area contributed by atoms with Crippen molar-refractivity contribution in [1.82, 2.24) is 0 Å². The second-order valence-corrected chi connectivity index (χ2v) is 7.52. The summed E-state index contributed by atoms with van der Waals surface area (Å²) in [6.07, 6.45) is 0.643. The molecule has 31 heavy (non-hydrogen) atoms. The van der Waals surface area contributed by atoms with E-state index in [4.69, 9.17) is 9.47 Å². The first kappa shape index (κ1) is 22.5. The minimum absolute atomic E-state index is 0.112. The highest BCUT2D eigenvalue weighted by molar-refractivity contribution is 6.13. The van der Waals surface area contributed by atoms with E-state index < -0.39 is 17.9 Å². The topological polar surface area (TPSA) is 105 Å². The number of fused-ring (bicyclic) bond motifs is 1. The fourth-order valence-corrected chi connectivity index (χ4v) is 3.83. The van der Waals surface area contributed by atoms with Crippen molar-refractivity contribution in [2.24, 2.45) is 4.99 Å². The number of para-hydroxylation sites is 1. The summed E-state index contributed by atoms with van der Waals surface area (Å²) < 4.78 is 12.2. The molecule has 0 amide bonds. The van der Waals surface area contributed by atoms with Crippen LogP contribution in [-0.2, 0) is 21.6 Å². The van der Waals surface area contributed by atoms with Crippen molar-refractivity contribution in [2.75, 3.05) is 0 Å². The van der Waals surface area contributed by atoms with Gasteiger partial charge < -0.3 is 19.7 Å². The summed E-state index contributed by atoms with van der Waals surface area (Å²) >= 11 is 0. The number of nitrogens with zero attached hydrogens (tertiary/aromatic N) is 1. The molecule has 1 aliphatic rings. The number of phenolic OH excluding ortho intramolecular Hbond substituents is 1. The second-order valence-electron chi connectivity index (χ2n) is 7.52. The van der Waals surface area contributed by atoms with Gasteiger partial charge in [0.2, 0.25) is 11.9 Å². The van der Waals surface area contributed by atoms with Gasteiger partial charge in [-0.25, -0.2) is 4.79 Å². The largest absolute Gasteiger partial charge is 0.507 e. The molecule has 7 heteroatoms. The number of aliphatic imine (C=N–C) groups is 1. The van der Waals surface area contributed by atoms with Crippen LogP contribution in [0.2, 0.25) is 0 Å². The molecule has 0 aliphatic carbocycles. The quantitative estimate of drug-likeness (QED) is 0.443. The van der Waals surface area contributed by atoms with Gasteiger partial charge in [-0.15, -0.1) is 0 Å². The number of ketones is 1. The lowest BCUT2D eigenvalue weighted by atomic mass is 9.91. The maximum Gasteiger partial charge on any atom is 0.346 e. The Morgan fingerprint density at radius 2 is 1.87 bits per heavy atom. The van der Waals surface area contributed by atoms with Crippen molar-refractivity contribution in [1.29, 1.82) is 0 Å². The summed E-state index contributed by atoms with van der Waals surface area (Å²) in [5.41, 5.74) is 0.270. The van der Waals surface area contributed by atoms with Crippen LogP contribution in [0.5, 0.6) is 11.5 Å². The van der Waals surface area contributed by atoms with Crippen molar-refractivity contribution in [3.05, 3.63) is 53.1 Å². The van der Waals surface area contributed by atoms with Crippen LogP contribution in [0.3, 0.4) is 0 Å². The zero-order valence-corrected chi connectivity index (χ0v) is 18.1. The maximum absolute atomic E-state index is 12.4. The first-order valence-corrected chi connectivity index (χ1v) is 10.3. The van der Waals surface area contributed by atoms with Gasteiger partial charge in [-0.1, -0.05) is 38.5 Å². The molecular weight excluding hydrogens is 398 g/mol. The first-order valence-electron chi connectivity index (χ1n) is 10.3. The monoisotopic (exact) mass is 425 g/mol. The fraction of sp³-hybridized carbons (Fsp3) is 0.375. The Kier molecular flexibility index (Phi) is 6.45. The average Bonchev–Trinajstić information content (AvgIpc) is 3.02. The van der Waals surface area contributed by atoms with Crippen LogP contribution in [0.4, 0.5) is 5.69 Å². The molecule has 0 aromatic heterocycles. The molecule has 2 atom stereocenters. The van der Waals surface area contributed by atoms with Gasteiger partial charge in [0.25, 0.3) is 0 Å². The normalized spacial score (nSPS) is 18.3. The minimum atomic E-state index is -1.76. The highest BCUT2D eigenvalue weighted by Gasteiger charge is 2.51. The number of rotatable bonds is 9. The number of aromatic hydroxyl groups is 1. The number of benzene rings is 2. The Morgan fingerprint density at radius 3 is 2.48 bits per heavy atom. The van der Waals surface area contributed by atoms with E-state index in [1.807, 2.05) is 13.8 Å². The third-order valence-corrected chi connectivity index (χ3v) is 5.40. The number of carboxylic acids is 1. The van der Waals surface area contributed by atoms with Crippen LogP contribution in [0, 0.1) is 0 Å². The number of aliphatic carboxylic acids is 1. The Balaban J connectivity index is 1.99. The Morgan fingerprint density at radius 1 is 1.16 bits per heavy atom. The van der Waals surface area contributed by atoms with E-state index in [0.29, 0.717) is 41.1 Å². The number of ether oxygens (including phenoxy) is 2. The van der Waals surface area contributed by atoms with E-state index in [9.17, 15) is 19.8 Å². The summed E-state index contributed by atoms with van der Waals surface area (Å²) in [5, 5.41) is 20.7. The van der Waals surface area contributed by atoms with Crippen LogP contribution in [0.1, 0.15) is 62.0 Å². The number of carboxylic acid groups (broad SMARTS) is 1. The summed E-state index contributed by atoms with van der Waals surface area (Å²) in [7, 11) is 0. The van der Waals surface area contributed by atoms with Crippen molar-refractivity contribution < 1.29 is 29.3 Å². The Labute approximate surface area is 181 Å². The molecule has 1 heterocycles. The molecule has 0 saturated carbocycles. The number of hydrogen-bond donors (Lipinski definition) is 2. The van der Waals surface area contributed by atoms with Gasteiger partial charge in [-0.05, 0) is 38.5 Å². The summed E-state index contributed by atoms with van der Waals surface area (Å²) in [6.45, 7) is 6.78. The van der Waals surface area contributed by atoms with E-state index >= 15 is 0 Å². The zero-order chi connectivity index (χ0) is 22.8. The third-order valence-electron chi connectivity index (χ3n) is 5.40. The molecule has 0 bridgehead atoms. The Hall–Kier alpha value is -3.19. The van der Waals surface area contributed by atoms with Crippen molar-refractivity contribution >= 4 is 23.2 Å². The van der Waals surface area contributed by atoms with Gasteiger partial charge in [0.15, 0.2) is 5.78 Å². The van der Waals surface area contributed by atoms with Gasteiger partial charge >= 0.3 is 5.97 Å². The van der Waals surface area contributed by atoms with Gasteiger partial charge in [-0.2, -0.15) is 0 Å².